The quantitative estimate of drug-likeness (QED) is 0.272. The van der Waals surface area contributed by atoms with Gasteiger partial charge in [-0.15, -0.1) is 0 Å². The highest BCUT2D eigenvalue weighted by Crippen LogP contribution is 2.67. The van der Waals surface area contributed by atoms with E-state index in [0.29, 0.717) is 53.1 Å². The van der Waals surface area contributed by atoms with Crippen molar-refractivity contribution in [3.8, 4) is 0 Å². The summed E-state index contributed by atoms with van der Waals surface area (Å²) in [5.41, 5.74) is 1.32. The molecule has 1 unspecified atom stereocenters. The van der Waals surface area contributed by atoms with Crippen molar-refractivity contribution in [2.24, 2.45) is 63.3 Å². The zero-order chi connectivity index (χ0) is 23.3. The number of hydrogen-bond acceptors (Lipinski definition) is 3. The molecule has 0 aliphatic heterocycles. The number of carbonyl (C=O) groups is 1. The van der Waals surface area contributed by atoms with E-state index in [0.717, 1.165) is 30.9 Å². The van der Waals surface area contributed by atoms with Crippen molar-refractivity contribution < 1.29 is 10.0 Å². The minimum Gasteiger partial charge on any atom is -0.411 e. The van der Waals surface area contributed by atoms with Gasteiger partial charge < -0.3 is 5.21 Å². The first kappa shape index (κ1) is 24.0. The van der Waals surface area contributed by atoms with E-state index in [9.17, 15) is 10.0 Å². The Kier molecular flexibility index (Phi) is 6.69. The van der Waals surface area contributed by atoms with Gasteiger partial charge in [0, 0.05) is 12.3 Å². The maximum Gasteiger partial charge on any atom is 0.137 e. The molecular weight excluding hydrogens is 394 g/mol. The Morgan fingerprint density at radius 1 is 1.03 bits per heavy atom. The lowest BCUT2D eigenvalue weighted by atomic mass is 9.44. The van der Waals surface area contributed by atoms with Crippen LogP contribution >= 0.6 is 0 Å². The van der Waals surface area contributed by atoms with Crippen molar-refractivity contribution in [2.75, 3.05) is 0 Å². The largest absolute Gasteiger partial charge is 0.411 e. The number of carbonyl (C=O) groups excluding carboxylic acids is 1. The first-order chi connectivity index (χ1) is 15.2. The maximum atomic E-state index is 13.4. The minimum atomic E-state index is 0.0776. The molecule has 32 heavy (non-hydrogen) atoms. The fourth-order valence-corrected chi connectivity index (χ4v) is 9.13. The predicted octanol–water partition coefficient (Wildman–Crippen LogP) is 7.53. The van der Waals surface area contributed by atoms with Crippen LogP contribution in [0.25, 0.3) is 0 Å². The van der Waals surface area contributed by atoms with Crippen LogP contribution in [-0.4, -0.2) is 16.7 Å². The monoisotopic (exact) mass is 441 g/mol. The molecule has 1 N–H and O–H groups in total. The number of allylic oxidation sites excluding steroid dienone is 2. The Morgan fingerprint density at radius 3 is 2.41 bits per heavy atom. The molecular formula is C29H47NO2. The van der Waals surface area contributed by atoms with Crippen LogP contribution < -0.4 is 0 Å². The molecule has 4 aliphatic rings. The van der Waals surface area contributed by atoms with Crippen LogP contribution in [0.5, 0.6) is 0 Å². The van der Waals surface area contributed by atoms with Crippen LogP contribution in [0, 0.1) is 58.2 Å². The zero-order valence-electron chi connectivity index (χ0n) is 21.4. The van der Waals surface area contributed by atoms with Gasteiger partial charge in [0.2, 0.25) is 0 Å². The van der Waals surface area contributed by atoms with E-state index in [-0.39, 0.29) is 11.3 Å². The lowest BCUT2D eigenvalue weighted by molar-refractivity contribution is -0.150. The van der Waals surface area contributed by atoms with Gasteiger partial charge in [-0.25, -0.2) is 0 Å². The standard InChI is InChI=1S/C29H47NO2/c1-7-20(18(2)3)9-8-19(4)23-10-11-24-22-17-27(31)26-16-21(30-32)12-14-29(26,6)25(22)13-15-28(23,24)5/h8-9,18-20,22-26,32H,7,10-17H2,1-6H3/b9-8+,30-21-/t19-,20-,22+,23-,24+,25+,26?,28-,29-/m1/s1. The van der Waals surface area contributed by atoms with Crippen LogP contribution in [0.2, 0.25) is 0 Å². The van der Waals surface area contributed by atoms with E-state index >= 15 is 0 Å². The van der Waals surface area contributed by atoms with Gasteiger partial charge in [0.1, 0.15) is 5.78 Å². The third-order valence-corrected chi connectivity index (χ3v) is 11.1. The molecule has 180 valence electrons. The molecule has 0 aromatic rings. The average molecular weight is 442 g/mol. The Balaban J connectivity index is 1.54. The Hall–Kier alpha value is -1.12. The molecule has 0 aromatic carbocycles. The Labute approximate surface area is 196 Å². The summed E-state index contributed by atoms with van der Waals surface area (Å²) in [5.74, 6) is 5.22. The predicted molar refractivity (Wildman–Crippen MR) is 132 cm³/mol. The van der Waals surface area contributed by atoms with Crippen LogP contribution in [0.4, 0.5) is 0 Å². The lowest BCUT2D eigenvalue weighted by Gasteiger charge is -2.60. The molecule has 4 saturated carbocycles. The van der Waals surface area contributed by atoms with E-state index in [1.807, 2.05) is 0 Å². The van der Waals surface area contributed by atoms with Crippen molar-refractivity contribution >= 4 is 11.5 Å². The van der Waals surface area contributed by atoms with Gasteiger partial charge in [0.15, 0.2) is 0 Å². The second-order valence-corrected chi connectivity index (χ2v) is 12.8. The summed E-state index contributed by atoms with van der Waals surface area (Å²) in [4.78, 5) is 13.4. The highest BCUT2D eigenvalue weighted by atomic mass is 16.4. The second kappa shape index (κ2) is 8.91. The number of hydrogen-bond donors (Lipinski definition) is 1. The first-order valence-electron chi connectivity index (χ1n) is 13.6. The van der Waals surface area contributed by atoms with E-state index in [4.69, 9.17) is 0 Å². The third kappa shape index (κ3) is 3.80. The molecule has 4 rings (SSSR count). The molecule has 9 atom stereocenters. The fraction of sp³-hybridized carbons (Fsp3) is 0.862. The van der Waals surface area contributed by atoms with Crippen molar-refractivity contribution in [3.63, 3.8) is 0 Å². The summed E-state index contributed by atoms with van der Waals surface area (Å²) in [6, 6.07) is 0. The summed E-state index contributed by atoms with van der Waals surface area (Å²) in [6.45, 7) is 14.4. The minimum absolute atomic E-state index is 0.0776. The van der Waals surface area contributed by atoms with Gasteiger partial charge in [0.05, 0.1) is 5.71 Å². The molecule has 0 heterocycles. The highest BCUT2D eigenvalue weighted by molar-refractivity contribution is 5.93. The fourth-order valence-electron chi connectivity index (χ4n) is 9.13. The van der Waals surface area contributed by atoms with Crippen LogP contribution in [0.15, 0.2) is 17.3 Å². The average Bonchev–Trinajstić information content (AvgIpc) is 3.11. The Morgan fingerprint density at radius 2 is 1.75 bits per heavy atom. The summed E-state index contributed by atoms with van der Waals surface area (Å²) in [5, 5.41) is 12.8. The van der Waals surface area contributed by atoms with Crippen molar-refractivity contribution in [1.29, 1.82) is 0 Å². The molecule has 3 nitrogen and oxygen atoms in total. The van der Waals surface area contributed by atoms with E-state index in [1.54, 1.807) is 0 Å². The van der Waals surface area contributed by atoms with E-state index in [1.165, 1.54) is 32.1 Å². The number of fused-ring (bicyclic) bond motifs is 5. The van der Waals surface area contributed by atoms with Gasteiger partial charge in [0.25, 0.3) is 0 Å². The number of ketones is 1. The molecule has 3 heteroatoms. The third-order valence-electron chi connectivity index (χ3n) is 11.1. The van der Waals surface area contributed by atoms with Crippen molar-refractivity contribution in [1.82, 2.24) is 0 Å². The van der Waals surface area contributed by atoms with E-state index < -0.39 is 0 Å². The molecule has 4 aliphatic carbocycles. The van der Waals surface area contributed by atoms with Crippen molar-refractivity contribution in [2.45, 2.75) is 99.3 Å². The van der Waals surface area contributed by atoms with Crippen molar-refractivity contribution in [3.05, 3.63) is 12.2 Å². The molecule has 4 fully saturated rings. The molecule has 0 radical (unpaired) electrons. The molecule has 0 saturated heterocycles. The zero-order valence-corrected chi connectivity index (χ0v) is 21.4. The molecule has 0 aromatic heterocycles. The number of oxime groups is 1. The second-order valence-electron chi connectivity index (χ2n) is 12.8. The molecule has 0 spiro atoms. The topological polar surface area (TPSA) is 49.7 Å². The van der Waals surface area contributed by atoms with Gasteiger partial charge in [-0.2, -0.15) is 0 Å². The SMILES string of the molecule is CC[C@H](/C=C/[C@@H](C)[C@H]1CC[C@H]2[C@@H]3CC(=O)C4C/C(=N\O)CC[C@]4(C)[C@H]3CC[C@]12C)C(C)C. The van der Waals surface area contributed by atoms with E-state index in [2.05, 4.69) is 58.9 Å². The summed E-state index contributed by atoms with van der Waals surface area (Å²) >= 11 is 0. The summed E-state index contributed by atoms with van der Waals surface area (Å²) < 4.78 is 0. The smallest absolute Gasteiger partial charge is 0.137 e. The van der Waals surface area contributed by atoms with Gasteiger partial charge >= 0.3 is 0 Å². The lowest BCUT2D eigenvalue weighted by Crippen LogP contribution is -2.56. The molecule has 0 bridgehead atoms. The number of Topliss-reactive ketones (excluding diaryl/α,β-unsaturated/α-hetero) is 1. The Bertz CT molecular complexity index is 769. The van der Waals surface area contributed by atoms with Gasteiger partial charge in [-0.1, -0.05) is 58.9 Å². The summed E-state index contributed by atoms with van der Waals surface area (Å²) in [6.07, 6.45) is 14.8. The number of nitrogens with zero attached hydrogens (tertiary/aromatic N) is 1. The first-order valence-corrected chi connectivity index (χ1v) is 13.6. The molecule has 0 amide bonds. The van der Waals surface area contributed by atoms with Gasteiger partial charge in [-0.05, 0) is 104 Å². The van der Waals surface area contributed by atoms with Gasteiger partial charge in [-0.3, -0.25) is 4.79 Å². The van der Waals surface area contributed by atoms with Crippen LogP contribution in [0.1, 0.15) is 99.3 Å². The number of rotatable bonds is 5. The van der Waals surface area contributed by atoms with Crippen LogP contribution in [0.3, 0.4) is 0 Å². The normalized spacial score (nSPS) is 45.0. The highest BCUT2D eigenvalue weighted by Gasteiger charge is 2.62. The van der Waals surface area contributed by atoms with Crippen LogP contribution in [-0.2, 0) is 4.79 Å². The summed E-state index contributed by atoms with van der Waals surface area (Å²) in [7, 11) is 0. The maximum absolute atomic E-state index is 13.4.